The molecule has 1 N–H and O–H groups in total. The van der Waals surface area contributed by atoms with Crippen LogP contribution in [-0.2, 0) is 9.53 Å². The van der Waals surface area contributed by atoms with Crippen LogP contribution in [0.1, 0.15) is 25.2 Å². The van der Waals surface area contributed by atoms with Crippen LogP contribution in [0.3, 0.4) is 0 Å². The lowest BCUT2D eigenvalue weighted by atomic mass is 10.1. The predicted octanol–water partition coefficient (Wildman–Crippen LogP) is 2.01. The van der Waals surface area contributed by atoms with Gasteiger partial charge in [-0.25, -0.2) is 14.5 Å². The predicted molar refractivity (Wildman–Crippen MR) is 98.3 cm³/mol. The number of hydrogen-bond acceptors (Lipinski definition) is 6. The maximum Gasteiger partial charge on any atom is 0.226 e. The highest BCUT2D eigenvalue weighted by Crippen LogP contribution is 2.22. The molecule has 2 atom stereocenters. The lowest BCUT2D eigenvalue weighted by Crippen LogP contribution is -2.33. The van der Waals surface area contributed by atoms with E-state index in [0.717, 1.165) is 23.4 Å². The Hall–Kier alpha value is -3.00. The topological polar surface area (TPSA) is 90.6 Å². The average Bonchev–Trinajstić information content (AvgIpc) is 3.37. The van der Waals surface area contributed by atoms with Gasteiger partial charge in [0.1, 0.15) is 12.1 Å². The third-order valence-electron chi connectivity index (χ3n) is 4.68. The Bertz CT molecular complexity index is 948. The SMILES string of the molecule is COc1ccc(-c2cc3nc([C@H](C)NC(=O)C4CCOC4)nn3cn2)cc1. The van der Waals surface area contributed by atoms with Crippen molar-refractivity contribution in [1.82, 2.24) is 24.9 Å². The summed E-state index contributed by atoms with van der Waals surface area (Å²) in [5.41, 5.74) is 2.44. The zero-order chi connectivity index (χ0) is 18.8. The number of hydrogen-bond donors (Lipinski definition) is 1. The second kappa shape index (κ2) is 7.32. The van der Waals surface area contributed by atoms with Gasteiger partial charge < -0.3 is 14.8 Å². The number of fused-ring (bicyclic) bond motifs is 1. The van der Waals surface area contributed by atoms with Crippen LogP contribution in [0.5, 0.6) is 5.75 Å². The molecule has 3 heterocycles. The zero-order valence-corrected chi connectivity index (χ0v) is 15.3. The van der Waals surface area contributed by atoms with E-state index < -0.39 is 0 Å². The van der Waals surface area contributed by atoms with E-state index in [1.807, 2.05) is 37.3 Å². The van der Waals surface area contributed by atoms with Gasteiger partial charge >= 0.3 is 0 Å². The van der Waals surface area contributed by atoms with Crippen molar-refractivity contribution in [1.29, 1.82) is 0 Å². The summed E-state index contributed by atoms with van der Waals surface area (Å²) in [6.07, 6.45) is 2.39. The first-order chi connectivity index (χ1) is 13.1. The number of methoxy groups -OCH3 is 1. The fraction of sp³-hybridized carbons (Fsp3) is 0.368. The summed E-state index contributed by atoms with van der Waals surface area (Å²) in [5.74, 6) is 1.24. The van der Waals surface area contributed by atoms with Crippen molar-refractivity contribution in [2.45, 2.75) is 19.4 Å². The molecule has 0 spiro atoms. The normalized spacial score (nSPS) is 17.8. The van der Waals surface area contributed by atoms with Crippen LogP contribution in [0.2, 0.25) is 0 Å². The van der Waals surface area contributed by atoms with Gasteiger partial charge in [-0.2, -0.15) is 0 Å². The van der Waals surface area contributed by atoms with Crippen LogP contribution in [0, 0.1) is 5.92 Å². The van der Waals surface area contributed by atoms with E-state index in [2.05, 4.69) is 20.4 Å². The molecular formula is C19H21N5O3. The van der Waals surface area contributed by atoms with Crippen LogP contribution in [-0.4, -0.2) is 45.8 Å². The summed E-state index contributed by atoms with van der Waals surface area (Å²) in [6, 6.07) is 9.25. The minimum Gasteiger partial charge on any atom is -0.497 e. The number of carbonyl (C=O) groups excluding carboxylic acids is 1. The number of rotatable bonds is 5. The molecule has 2 aromatic heterocycles. The number of carbonyl (C=O) groups is 1. The number of nitrogens with one attached hydrogen (secondary N) is 1. The highest BCUT2D eigenvalue weighted by atomic mass is 16.5. The molecule has 1 aliphatic rings. The Morgan fingerprint density at radius 2 is 2.19 bits per heavy atom. The molecule has 1 fully saturated rings. The monoisotopic (exact) mass is 367 g/mol. The molecule has 8 heteroatoms. The Kier molecular flexibility index (Phi) is 4.72. The number of aromatic nitrogens is 4. The van der Waals surface area contributed by atoms with Gasteiger partial charge in [-0.05, 0) is 37.6 Å². The van der Waals surface area contributed by atoms with Crippen LogP contribution in [0.4, 0.5) is 0 Å². The molecule has 1 unspecified atom stereocenters. The van der Waals surface area contributed by atoms with Gasteiger partial charge in [0.05, 0.1) is 31.4 Å². The second-order valence-corrected chi connectivity index (χ2v) is 6.57. The Labute approximate surface area is 156 Å². The van der Waals surface area contributed by atoms with Crippen molar-refractivity contribution >= 4 is 11.6 Å². The lowest BCUT2D eigenvalue weighted by molar-refractivity contribution is -0.125. The van der Waals surface area contributed by atoms with E-state index in [-0.39, 0.29) is 17.9 Å². The molecule has 1 saturated heterocycles. The summed E-state index contributed by atoms with van der Waals surface area (Å²) < 4.78 is 12.1. The lowest BCUT2D eigenvalue weighted by Gasteiger charge is -2.13. The van der Waals surface area contributed by atoms with Crippen molar-refractivity contribution in [3.8, 4) is 17.0 Å². The highest BCUT2D eigenvalue weighted by molar-refractivity contribution is 5.79. The molecule has 1 amide bonds. The van der Waals surface area contributed by atoms with Gasteiger partial charge in [-0.15, -0.1) is 5.10 Å². The molecule has 0 aliphatic carbocycles. The van der Waals surface area contributed by atoms with E-state index in [1.165, 1.54) is 0 Å². The molecule has 1 aliphatic heterocycles. The highest BCUT2D eigenvalue weighted by Gasteiger charge is 2.25. The number of nitrogens with zero attached hydrogens (tertiary/aromatic N) is 4. The molecular weight excluding hydrogens is 346 g/mol. The molecule has 0 radical (unpaired) electrons. The second-order valence-electron chi connectivity index (χ2n) is 6.57. The van der Waals surface area contributed by atoms with Crippen LogP contribution in [0.25, 0.3) is 16.9 Å². The molecule has 0 bridgehead atoms. The molecule has 27 heavy (non-hydrogen) atoms. The molecule has 3 aromatic rings. The minimum atomic E-state index is -0.289. The minimum absolute atomic E-state index is 0.0177. The first-order valence-corrected chi connectivity index (χ1v) is 8.89. The van der Waals surface area contributed by atoms with Gasteiger partial charge in [0.15, 0.2) is 11.5 Å². The van der Waals surface area contributed by atoms with Gasteiger partial charge in [-0.1, -0.05) is 0 Å². The summed E-state index contributed by atoms with van der Waals surface area (Å²) in [6.45, 7) is 2.99. The Morgan fingerprint density at radius 3 is 2.89 bits per heavy atom. The standard InChI is InChI=1S/C19H21N5O3/c1-12(21-19(25)14-7-8-27-10-14)18-22-17-9-16(20-11-24(17)23-18)13-3-5-15(26-2)6-4-13/h3-6,9,11-12,14H,7-8,10H2,1-2H3,(H,21,25)/t12-,14?/m0/s1. The van der Waals surface area contributed by atoms with Gasteiger partial charge in [0.25, 0.3) is 0 Å². The van der Waals surface area contributed by atoms with Gasteiger partial charge in [-0.3, -0.25) is 4.79 Å². The van der Waals surface area contributed by atoms with Crippen molar-refractivity contribution in [2.24, 2.45) is 5.92 Å². The smallest absolute Gasteiger partial charge is 0.226 e. The Balaban J connectivity index is 1.53. The molecule has 0 saturated carbocycles. The summed E-state index contributed by atoms with van der Waals surface area (Å²) in [5, 5.41) is 7.40. The van der Waals surface area contributed by atoms with Crippen molar-refractivity contribution in [2.75, 3.05) is 20.3 Å². The number of benzene rings is 1. The van der Waals surface area contributed by atoms with E-state index in [0.29, 0.717) is 24.7 Å². The third kappa shape index (κ3) is 3.61. The quantitative estimate of drug-likeness (QED) is 0.742. The summed E-state index contributed by atoms with van der Waals surface area (Å²) in [7, 11) is 1.64. The van der Waals surface area contributed by atoms with Gasteiger partial charge in [0.2, 0.25) is 5.91 Å². The Morgan fingerprint density at radius 1 is 1.37 bits per heavy atom. The summed E-state index contributed by atoms with van der Waals surface area (Å²) >= 11 is 0. The van der Waals surface area contributed by atoms with Crippen LogP contribution in [0.15, 0.2) is 36.7 Å². The largest absolute Gasteiger partial charge is 0.497 e. The third-order valence-corrected chi connectivity index (χ3v) is 4.68. The average molecular weight is 367 g/mol. The van der Waals surface area contributed by atoms with E-state index in [1.54, 1.807) is 18.0 Å². The van der Waals surface area contributed by atoms with E-state index in [9.17, 15) is 4.79 Å². The maximum atomic E-state index is 12.3. The molecule has 4 rings (SSSR count). The van der Waals surface area contributed by atoms with Crippen molar-refractivity contribution < 1.29 is 14.3 Å². The van der Waals surface area contributed by atoms with Crippen LogP contribution >= 0.6 is 0 Å². The molecule has 1 aromatic carbocycles. The fourth-order valence-corrected chi connectivity index (χ4v) is 3.05. The van der Waals surface area contributed by atoms with Crippen molar-refractivity contribution in [3.63, 3.8) is 0 Å². The molecule has 8 nitrogen and oxygen atoms in total. The molecule has 140 valence electrons. The van der Waals surface area contributed by atoms with Crippen LogP contribution < -0.4 is 10.1 Å². The number of ether oxygens (including phenoxy) is 2. The first-order valence-electron chi connectivity index (χ1n) is 8.89. The summed E-state index contributed by atoms with van der Waals surface area (Å²) in [4.78, 5) is 21.3. The number of amides is 1. The van der Waals surface area contributed by atoms with Crippen molar-refractivity contribution in [3.05, 3.63) is 42.5 Å². The first kappa shape index (κ1) is 17.4. The van der Waals surface area contributed by atoms with E-state index in [4.69, 9.17) is 9.47 Å². The van der Waals surface area contributed by atoms with E-state index >= 15 is 0 Å². The van der Waals surface area contributed by atoms with Gasteiger partial charge in [0, 0.05) is 18.2 Å². The zero-order valence-electron chi connectivity index (χ0n) is 15.3. The maximum absolute atomic E-state index is 12.3. The fourth-order valence-electron chi connectivity index (χ4n) is 3.05.